The lowest BCUT2D eigenvalue weighted by Crippen LogP contribution is -2.22. The lowest BCUT2D eigenvalue weighted by Gasteiger charge is -2.13. The second-order valence-electron chi connectivity index (χ2n) is 12.0. The average molecular weight is 739 g/mol. The van der Waals surface area contributed by atoms with E-state index in [1.807, 2.05) is 12.1 Å². The fraction of sp³-hybridized carbons (Fsp3) is 0.286. The third-order valence-corrected chi connectivity index (χ3v) is 8.09. The van der Waals surface area contributed by atoms with Crippen molar-refractivity contribution in [2.24, 2.45) is 0 Å². The fourth-order valence-corrected chi connectivity index (χ4v) is 5.01. The zero-order chi connectivity index (χ0) is 38.7. The Labute approximate surface area is 313 Å². The Bertz CT molecular complexity index is 1860. The van der Waals surface area contributed by atoms with Gasteiger partial charge in [0.25, 0.3) is 0 Å². The van der Waals surface area contributed by atoms with Gasteiger partial charge in [-0.1, -0.05) is 103 Å². The molecule has 4 aromatic carbocycles. The Morgan fingerprint density at radius 1 is 0.426 bits per heavy atom. The van der Waals surface area contributed by atoms with Crippen LogP contribution in [-0.4, -0.2) is 88.3 Å². The number of hydrogen-bond acceptors (Lipinski definition) is 12. The molecule has 0 heterocycles. The van der Waals surface area contributed by atoms with Crippen LogP contribution < -0.4 is 0 Å². The van der Waals surface area contributed by atoms with Crippen LogP contribution in [0.4, 0.5) is 0 Å². The van der Waals surface area contributed by atoms with Crippen molar-refractivity contribution in [3.63, 3.8) is 0 Å². The molecule has 0 aliphatic rings. The van der Waals surface area contributed by atoms with Gasteiger partial charge in [-0.2, -0.15) is 0 Å². The van der Waals surface area contributed by atoms with Crippen LogP contribution in [0.25, 0.3) is 0 Å². The van der Waals surface area contributed by atoms with Crippen molar-refractivity contribution in [2.75, 3.05) is 52.9 Å². The van der Waals surface area contributed by atoms with Crippen LogP contribution in [0.1, 0.15) is 68.7 Å². The number of esters is 4. The number of benzene rings is 4. The van der Waals surface area contributed by atoms with Gasteiger partial charge >= 0.3 is 23.9 Å². The van der Waals surface area contributed by atoms with Crippen molar-refractivity contribution < 1.29 is 57.2 Å². The second-order valence-corrected chi connectivity index (χ2v) is 12.0. The minimum atomic E-state index is -0.699. The number of ether oxygens (including phenoxy) is 6. The van der Waals surface area contributed by atoms with E-state index in [9.17, 15) is 28.8 Å². The molecule has 54 heavy (non-hydrogen) atoms. The van der Waals surface area contributed by atoms with E-state index in [1.165, 1.54) is 0 Å². The summed E-state index contributed by atoms with van der Waals surface area (Å²) in [6, 6.07) is 31.3. The Balaban J connectivity index is 0.999. The largest absolute Gasteiger partial charge is 0.463 e. The summed E-state index contributed by atoms with van der Waals surface area (Å²) in [6.45, 7) is 1.89. The molecular weight excluding hydrogens is 696 g/mol. The Morgan fingerprint density at radius 2 is 0.833 bits per heavy atom. The molecule has 0 radical (unpaired) electrons. The van der Waals surface area contributed by atoms with Gasteiger partial charge in [0.2, 0.25) is 0 Å². The number of carbonyl (C=O) groups is 6. The van der Waals surface area contributed by atoms with Gasteiger partial charge < -0.3 is 28.4 Å². The Kier molecular flexibility index (Phi) is 16.3. The normalized spacial score (nSPS) is 11.8. The maximum absolute atomic E-state index is 12.8. The zero-order valence-corrected chi connectivity index (χ0v) is 30.1. The van der Waals surface area contributed by atoms with Crippen molar-refractivity contribution in [1.82, 2.24) is 0 Å². The number of ketones is 2. The maximum Gasteiger partial charge on any atom is 0.332 e. The van der Waals surface area contributed by atoms with E-state index >= 15 is 0 Å². The quantitative estimate of drug-likeness (QED) is 0.0473. The van der Waals surface area contributed by atoms with E-state index in [4.69, 9.17) is 28.4 Å². The van der Waals surface area contributed by atoms with Crippen molar-refractivity contribution in [1.29, 1.82) is 0 Å². The van der Waals surface area contributed by atoms with Crippen molar-refractivity contribution in [2.45, 2.75) is 25.7 Å². The molecule has 0 N–H and O–H groups in total. The standard InChI is InChI=1S/C42H42O12/c1-29(31-16-18-34(19-17-31)39(45)32-10-5-3-6-11-32)41(47)53-22-20-49-27-37(43)51-24-25-52-38(44)28-50-21-23-54-42(48)30(2)35-14-9-15-36(26-35)40(46)33-12-7-4-8-13-33/h3-19,26,29-30H,20-25,27-28H2,1-2H3/t29-,30+/m1/s1. The molecule has 0 spiro atoms. The van der Waals surface area contributed by atoms with Crippen LogP contribution in [0.15, 0.2) is 109 Å². The molecule has 12 nitrogen and oxygen atoms in total. The van der Waals surface area contributed by atoms with Gasteiger partial charge in [-0.15, -0.1) is 0 Å². The summed E-state index contributed by atoms with van der Waals surface area (Å²) >= 11 is 0. The summed E-state index contributed by atoms with van der Waals surface area (Å²) in [5, 5.41) is 0. The minimum absolute atomic E-state index is 0.0401. The Morgan fingerprint density at radius 3 is 1.33 bits per heavy atom. The van der Waals surface area contributed by atoms with Gasteiger partial charge in [0.05, 0.1) is 25.0 Å². The van der Waals surface area contributed by atoms with Gasteiger partial charge in [-0.25, -0.2) is 9.59 Å². The van der Waals surface area contributed by atoms with Gasteiger partial charge in [-0.05, 0) is 31.0 Å². The number of hydrogen-bond donors (Lipinski definition) is 0. The maximum atomic E-state index is 12.8. The molecule has 0 aliphatic carbocycles. The molecular formula is C42H42O12. The van der Waals surface area contributed by atoms with Gasteiger partial charge in [0.1, 0.15) is 39.6 Å². The van der Waals surface area contributed by atoms with Crippen LogP contribution in [0.2, 0.25) is 0 Å². The van der Waals surface area contributed by atoms with Gasteiger partial charge in [-0.3, -0.25) is 19.2 Å². The monoisotopic (exact) mass is 738 g/mol. The van der Waals surface area contributed by atoms with E-state index in [0.717, 1.165) is 0 Å². The molecule has 0 bridgehead atoms. The molecule has 0 aromatic heterocycles. The molecule has 0 saturated carbocycles. The van der Waals surface area contributed by atoms with Crippen molar-refractivity contribution in [3.8, 4) is 0 Å². The van der Waals surface area contributed by atoms with E-state index in [-0.39, 0.29) is 51.2 Å². The summed E-state index contributed by atoms with van der Waals surface area (Å²) in [7, 11) is 0. The Hall–Kier alpha value is -5.98. The third-order valence-electron chi connectivity index (χ3n) is 8.09. The highest BCUT2D eigenvalue weighted by atomic mass is 16.6. The SMILES string of the molecule is C[C@H](C(=O)OCCOCC(=O)OCCOC(=O)COCCOC(=O)[C@H](C)c1ccc(C(=O)c2ccccc2)cc1)c1cccc(C(=O)c2ccccc2)c1. The first-order chi connectivity index (χ1) is 26.1. The van der Waals surface area contributed by atoms with Gasteiger partial charge in [0.15, 0.2) is 11.6 Å². The smallest absolute Gasteiger partial charge is 0.332 e. The first kappa shape index (κ1) is 40.8. The predicted molar refractivity (Wildman–Crippen MR) is 195 cm³/mol. The van der Waals surface area contributed by atoms with Crippen LogP contribution in [0, 0.1) is 0 Å². The lowest BCUT2D eigenvalue weighted by atomic mass is 9.96. The number of carbonyl (C=O) groups excluding carboxylic acids is 6. The molecule has 0 saturated heterocycles. The third kappa shape index (κ3) is 12.9. The summed E-state index contributed by atoms with van der Waals surface area (Å²) in [6.07, 6.45) is 0. The molecule has 4 rings (SSSR count). The van der Waals surface area contributed by atoms with E-state index in [0.29, 0.717) is 33.4 Å². The highest BCUT2D eigenvalue weighted by Crippen LogP contribution is 2.21. The first-order valence-electron chi connectivity index (χ1n) is 17.3. The zero-order valence-electron chi connectivity index (χ0n) is 30.1. The molecule has 0 unspecified atom stereocenters. The molecule has 2 atom stereocenters. The molecule has 0 fully saturated rings. The molecule has 0 amide bonds. The molecule has 4 aromatic rings. The van der Waals surface area contributed by atoms with Crippen LogP contribution in [-0.2, 0) is 47.6 Å². The van der Waals surface area contributed by atoms with Crippen molar-refractivity contribution in [3.05, 3.63) is 143 Å². The van der Waals surface area contributed by atoms with E-state index in [1.54, 1.807) is 111 Å². The van der Waals surface area contributed by atoms with Crippen LogP contribution >= 0.6 is 0 Å². The van der Waals surface area contributed by atoms with Crippen LogP contribution in [0.5, 0.6) is 0 Å². The fourth-order valence-electron chi connectivity index (χ4n) is 5.01. The molecule has 12 heteroatoms. The lowest BCUT2D eigenvalue weighted by molar-refractivity contribution is -0.159. The highest BCUT2D eigenvalue weighted by molar-refractivity contribution is 6.09. The van der Waals surface area contributed by atoms with E-state index < -0.39 is 48.9 Å². The van der Waals surface area contributed by atoms with E-state index in [2.05, 4.69) is 0 Å². The topological polar surface area (TPSA) is 158 Å². The summed E-state index contributed by atoms with van der Waals surface area (Å²) in [5.74, 6) is -3.86. The molecule has 282 valence electrons. The molecule has 0 aliphatic heterocycles. The highest BCUT2D eigenvalue weighted by Gasteiger charge is 2.20. The second kappa shape index (κ2) is 21.5. The first-order valence-corrected chi connectivity index (χ1v) is 17.3. The van der Waals surface area contributed by atoms with Crippen LogP contribution in [0.3, 0.4) is 0 Å². The van der Waals surface area contributed by atoms with Gasteiger partial charge in [0, 0.05) is 22.3 Å². The van der Waals surface area contributed by atoms with Crippen molar-refractivity contribution >= 4 is 35.4 Å². The summed E-state index contributed by atoms with van der Waals surface area (Å²) in [5.41, 5.74) is 3.41. The minimum Gasteiger partial charge on any atom is -0.463 e. The average Bonchev–Trinajstić information content (AvgIpc) is 3.21. The number of rotatable bonds is 21. The predicted octanol–water partition coefficient (Wildman–Crippen LogP) is 5.26. The summed E-state index contributed by atoms with van der Waals surface area (Å²) < 4.78 is 30.8. The summed E-state index contributed by atoms with van der Waals surface area (Å²) in [4.78, 5) is 74.1.